The number of fused-ring (bicyclic) bond motifs is 1. The molecule has 5 unspecified atom stereocenters. The molecule has 10 heteroatoms. The van der Waals surface area contributed by atoms with E-state index in [2.05, 4.69) is 15.7 Å². The van der Waals surface area contributed by atoms with E-state index in [-0.39, 0.29) is 30.9 Å². The van der Waals surface area contributed by atoms with Gasteiger partial charge in [-0.05, 0) is 74.6 Å². The third kappa shape index (κ3) is 7.94. The maximum atomic E-state index is 12.9. The first kappa shape index (κ1) is 27.4. The van der Waals surface area contributed by atoms with E-state index in [0.717, 1.165) is 37.8 Å². The van der Waals surface area contributed by atoms with Gasteiger partial charge in [0.2, 0.25) is 5.91 Å². The van der Waals surface area contributed by atoms with Gasteiger partial charge in [0, 0.05) is 19.8 Å². The number of carbonyl (C=O) groups is 3. The first-order chi connectivity index (χ1) is 17.3. The summed E-state index contributed by atoms with van der Waals surface area (Å²) in [7, 11) is 0. The fourth-order valence-corrected chi connectivity index (χ4v) is 5.32. The van der Waals surface area contributed by atoms with Crippen LogP contribution in [0, 0.1) is 17.8 Å². The average molecular weight is 502 g/mol. The Labute approximate surface area is 212 Å². The van der Waals surface area contributed by atoms with Gasteiger partial charge in [-0.2, -0.15) is 5.10 Å². The minimum absolute atomic E-state index is 0.235. The van der Waals surface area contributed by atoms with Crippen LogP contribution in [0.4, 0.5) is 0 Å². The molecule has 1 amide bonds. The third-order valence-electron chi connectivity index (χ3n) is 7.20. The summed E-state index contributed by atoms with van der Waals surface area (Å²) in [5.74, 6) is 6.74. The van der Waals surface area contributed by atoms with E-state index in [1.807, 2.05) is 0 Å². The lowest BCUT2D eigenvalue weighted by molar-refractivity contribution is -0.147. The molecule has 0 spiro atoms. The van der Waals surface area contributed by atoms with Crippen molar-refractivity contribution in [2.45, 2.75) is 70.9 Å². The molecule has 1 saturated carbocycles. The number of hydrogen-bond acceptors (Lipinski definition) is 8. The zero-order valence-electron chi connectivity index (χ0n) is 21.2. The van der Waals surface area contributed by atoms with Gasteiger partial charge in [0.05, 0.1) is 6.61 Å². The molecule has 3 rings (SSSR count). The van der Waals surface area contributed by atoms with Crippen LogP contribution in [0.1, 0.15) is 57.9 Å². The first-order valence-corrected chi connectivity index (χ1v) is 12.8. The van der Waals surface area contributed by atoms with Gasteiger partial charge >= 0.3 is 11.9 Å². The number of ether oxygens (including phenoxy) is 2. The predicted molar refractivity (Wildman–Crippen MR) is 136 cm³/mol. The van der Waals surface area contributed by atoms with Crippen LogP contribution in [0.2, 0.25) is 0 Å². The maximum Gasteiger partial charge on any atom is 0.328 e. The molecule has 36 heavy (non-hydrogen) atoms. The maximum absolute atomic E-state index is 12.9. The lowest BCUT2D eigenvalue weighted by Crippen LogP contribution is -2.50. The monoisotopic (exact) mass is 501 g/mol. The van der Waals surface area contributed by atoms with Gasteiger partial charge in [0.15, 0.2) is 0 Å². The number of piperidine rings is 1. The number of carbonyl (C=O) groups excluding carboxylic acids is 3. The molecule has 10 nitrogen and oxygen atoms in total. The standard InChI is InChI=1S/C26H39N5O5/c1-3-35-25(33)23(30-16(2)32)13-18-5-9-21(10-6-18)36-26(34)22-14-20-12-17(7-11-24(27)31-28)4-8-19(20)15-29-22/h5-6,9-10,17,19-20,22-23,29H,3-4,7-8,11-15,28H2,1-2H3,(H2,27,31)(H,30,32). The van der Waals surface area contributed by atoms with Crippen molar-refractivity contribution < 1.29 is 23.9 Å². The van der Waals surface area contributed by atoms with Crippen molar-refractivity contribution in [3.05, 3.63) is 29.8 Å². The zero-order valence-corrected chi connectivity index (χ0v) is 21.2. The molecule has 1 heterocycles. The average Bonchev–Trinajstić information content (AvgIpc) is 2.87. The van der Waals surface area contributed by atoms with Crippen molar-refractivity contribution in [3.63, 3.8) is 0 Å². The zero-order chi connectivity index (χ0) is 26.1. The normalized spacial score (nSPS) is 24.8. The van der Waals surface area contributed by atoms with Crippen molar-refractivity contribution in [1.29, 1.82) is 0 Å². The SMILES string of the molecule is CCOC(=O)C(Cc1ccc(OC(=O)C2CC3CC(CC/C(N)=N/N)CCC3CN2)cc1)NC(C)=O. The summed E-state index contributed by atoms with van der Waals surface area (Å²) < 4.78 is 10.7. The minimum Gasteiger partial charge on any atom is -0.464 e. The highest BCUT2D eigenvalue weighted by Crippen LogP contribution is 2.40. The van der Waals surface area contributed by atoms with E-state index < -0.39 is 12.0 Å². The van der Waals surface area contributed by atoms with E-state index >= 15 is 0 Å². The molecule has 2 aliphatic rings. The molecule has 198 valence electrons. The Balaban J connectivity index is 1.52. The van der Waals surface area contributed by atoms with E-state index in [4.69, 9.17) is 21.1 Å². The van der Waals surface area contributed by atoms with Gasteiger partial charge < -0.3 is 31.7 Å². The van der Waals surface area contributed by atoms with Crippen LogP contribution in [-0.2, 0) is 25.5 Å². The molecule has 1 aliphatic heterocycles. The number of nitrogens with one attached hydrogen (secondary N) is 2. The molecular weight excluding hydrogens is 462 g/mol. The van der Waals surface area contributed by atoms with E-state index in [1.165, 1.54) is 13.3 Å². The molecule has 6 N–H and O–H groups in total. The molecular formula is C26H39N5O5. The van der Waals surface area contributed by atoms with Crippen LogP contribution < -0.4 is 26.9 Å². The minimum atomic E-state index is -0.770. The quantitative estimate of drug-likeness (QED) is 0.0940. The number of nitrogens with two attached hydrogens (primary N) is 2. The molecule has 2 fully saturated rings. The van der Waals surface area contributed by atoms with Crippen molar-refractivity contribution in [3.8, 4) is 5.75 Å². The number of hydrogen-bond donors (Lipinski definition) is 4. The Morgan fingerprint density at radius 2 is 1.92 bits per heavy atom. The molecule has 1 aliphatic carbocycles. The number of amidine groups is 1. The summed E-state index contributed by atoms with van der Waals surface area (Å²) in [5, 5.41) is 9.55. The summed E-state index contributed by atoms with van der Waals surface area (Å²) >= 11 is 0. The highest BCUT2D eigenvalue weighted by molar-refractivity contribution is 5.83. The summed E-state index contributed by atoms with van der Waals surface area (Å²) in [6, 6.07) is 5.86. The van der Waals surface area contributed by atoms with Crippen LogP contribution in [0.3, 0.4) is 0 Å². The largest absolute Gasteiger partial charge is 0.464 e. The lowest BCUT2D eigenvalue weighted by atomic mass is 9.69. The topological polar surface area (TPSA) is 158 Å². The third-order valence-corrected chi connectivity index (χ3v) is 7.20. The fraction of sp³-hybridized carbons (Fsp3) is 0.615. The summed E-state index contributed by atoms with van der Waals surface area (Å²) in [6.45, 7) is 4.13. The van der Waals surface area contributed by atoms with E-state index in [1.54, 1.807) is 31.2 Å². The van der Waals surface area contributed by atoms with Gasteiger partial charge in [-0.15, -0.1) is 0 Å². The fourth-order valence-electron chi connectivity index (χ4n) is 5.32. The van der Waals surface area contributed by atoms with Crippen molar-refractivity contribution in [2.24, 2.45) is 34.4 Å². The Kier molecular flexibility index (Phi) is 10.1. The molecule has 1 aromatic rings. The summed E-state index contributed by atoms with van der Waals surface area (Å²) in [6.07, 6.45) is 6.13. The number of esters is 2. The lowest BCUT2D eigenvalue weighted by Gasteiger charge is -2.42. The Hall–Kier alpha value is -3.14. The van der Waals surface area contributed by atoms with Crippen LogP contribution in [0.15, 0.2) is 29.4 Å². The summed E-state index contributed by atoms with van der Waals surface area (Å²) in [5.41, 5.74) is 6.56. The second kappa shape index (κ2) is 13.2. The number of rotatable bonds is 10. The predicted octanol–water partition coefficient (Wildman–Crippen LogP) is 1.61. The van der Waals surface area contributed by atoms with Crippen LogP contribution in [-0.4, -0.2) is 48.9 Å². The van der Waals surface area contributed by atoms with Gasteiger partial charge in [0.1, 0.15) is 23.7 Å². The van der Waals surface area contributed by atoms with Crippen LogP contribution in [0.25, 0.3) is 0 Å². The second-order valence-electron chi connectivity index (χ2n) is 9.83. The van der Waals surface area contributed by atoms with E-state index in [9.17, 15) is 14.4 Å². The van der Waals surface area contributed by atoms with Crippen molar-refractivity contribution in [2.75, 3.05) is 13.2 Å². The molecule has 0 bridgehead atoms. The molecule has 1 aromatic carbocycles. The van der Waals surface area contributed by atoms with Gasteiger partial charge in [-0.25, -0.2) is 9.59 Å². The first-order valence-electron chi connectivity index (χ1n) is 12.8. The summed E-state index contributed by atoms with van der Waals surface area (Å²) in [4.78, 5) is 36.5. The Bertz CT molecular complexity index is 935. The second-order valence-corrected chi connectivity index (χ2v) is 9.83. The number of benzene rings is 1. The number of nitrogens with zero attached hydrogens (tertiary/aromatic N) is 1. The Morgan fingerprint density at radius 1 is 1.17 bits per heavy atom. The molecule has 1 saturated heterocycles. The number of amides is 1. The van der Waals surface area contributed by atoms with Crippen molar-refractivity contribution in [1.82, 2.24) is 10.6 Å². The van der Waals surface area contributed by atoms with Gasteiger partial charge in [-0.3, -0.25) is 4.79 Å². The molecule has 0 aromatic heterocycles. The Morgan fingerprint density at radius 3 is 2.58 bits per heavy atom. The molecule has 0 radical (unpaired) electrons. The highest BCUT2D eigenvalue weighted by Gasteiger charge is 2.38. The van der Waals surface area contributed by atoms with Crippen LogP contribution >= 0.6 is 0 Å². The van der Waals surface area contributed by atoms with Gasteiger partial charge in [-0.1, -0.05) is 18.6 Å². The molecule has 5 atom stereocenters. The van der Waals surface area contributed by atoms with E-state index in [0.29, 0.717) is 35.8 Å². The highest BCUT2D eigenvalue weighted by atomic mass is 16.5. The smallest absolute Gasteiger partial charge is 0.328 e. The van der Waals surface area contributed by atoms with Crippen LogP contribution in [0.5, 0.6) is 5.75 Å². The van der Waals surface area contributed by atoms with Crippen molar-refractivity contribution >= 4 is 23.7 Å². The number of hydrazone groups is 1. The van der Waals surface area contributed by atoms with Gasteiger partial charge in [0.25, 0.3) is 0 Å².